The van der Waals surface area contributed by atoms with E-state index in [9.17, 15) is 4.79 Å². The van der Waals surface area contributed by atoms with Crippen LogP contribution in [0.25, 0.3) is 0 Å². The van der Waals surface area contributed by atoms with E-state index in [4.69, 9.17) is 0 Å². The van der Waals surface area contributed by atoms with Gasteiger partial charge in [-0.05, 0) is 49.9 Å². The maximum Gasteiger partial charge on any atom is 0.222 e. The summed E-state index contributed by atoms with van der Waals surface area (Å²) in [6.07, 6.45) is 38.2. The van der Waals surface area contributed by atoms with Crippen LogP contribution in [-0.2, 0) is 4.79 Å². The zero-order valence-electron chi connectivity index (χ0n) is 31.0. The smallest absolute Gasteiger partial charge is 0.222 e. The SMILES string of the molecule is CCCCCCCCC(CCCCCC)CN(CC(CCCCCC)CCCCCCCC)C(=O)CCCCCC(C)C. The van der Waals surface area contributed by atoms with Gasteiger partial charge in [-0.2, -0.15) is 0 Å². The van der Waals surface area contributed by atoms with Crippen LogP contribution in [0.15, 0.2) is 0 Å². The van der Waals surface area contributed by atoms with E-state index in [1.54, 1.807) is 0 Å². The Balaban J connectivity index is 5.42. The lowest BCUT2D eigenvalue weighted by atomic mass is 9.91. The Labute approximate surface area is 273 Å². The van der Waals surface area contributed by atoms with Crippen LogP contribution >= 0.6 is 0 Å². The van der Waals surface area contributed by atoms with Crippen molar-refractivity contribution in [3.05, 3.63) is 0 Å². The molecule has 0 bridgehead atoms. The molecule has 1 amide bonds. The lowest BCUT2D eigenvalue weighted by Crippen LogP contribution is -2.39. The van der Waals surface area contributed by atoms with Gasteiger partial charge in [0.15, 0.2) is 0 Å². The maximum absolute atomic E-state index is 13.9. The van der Waals surface area contributed by atoms with E-state index < -0.39 is 0 Å². The van der Waals surface area contributed by atoms with E-state index in [-0.39, 0.29) is 0 Å². The Bertz CT molecular complexity index is 524. The second-order valence-corrected chi connectivity index (χ2v) is 14.8. The standard InChI is InChI=1S/C41H83NO/c1-7-11-15-19-21-27-33-39(31-25-17-13-9-3)36-42(41(43)35-29-23-24-30-38(5)6)37-40(32-26-18-14-10-4)34-28-22-20-16-12-8-2/h38-40H,7-37H2,1-6H3. The van der Waals surface area contributed by atoms with Gasteiger partial charge >= 0.3 is 0 Å². The molecule has 0 spiro atoms. The van der Waals surface area contributed by atoms with Crippen molar-refractivity contribution in [3.63, 3.8) is 0 Å². The van der Waals surface area contributed by atoms with Crippen molar-refractivity contribution in [1.29, 1.82) is 0 Å². The summed E-state index contributed by atoms with van der Waals surface area (Å²) >= 11 is 0. The number of carbonyl (C=O) groups is 1. The van der Waals surface area contributed by atoms with Crippen molar-refractivity contribution < 1.29 is 4.79 Å². The largest absolute Gasteiger partial charge is 0.342 e. The molecule has 0 radical (unpaired) electrons. The Kier molecular flexibility index (Phi) is 32.4. The number of amides is 1. The van der Waals surface area contributed by atoms with Crippen molar-refractivity contribution >= 4 is 5.91 Å². The highest BCUT2D eigenvalue weighted by Crippen LogP contribution is 2.25. The van der Waals surface area contributed by atoms with Crippen LogP contribution in [0, 0.1) is 17.8 Å². The van der Waals surface area contributed by atoms with Crippen LogP contribution in [-0.4, -0.2) is 23.9 Å². The van der Waals surface area contributed by atoms with Crippen LogP contribution in [0.5, 0.6) is 0 Å². The minimum absolute atomic E-state index is 0.479. The molecule has 0 aromatic rings. The fraction of sp³-hybridized carbons (Fsp3) is 0.976. The first-order valence-corrected chi connectivity index (χ1v) is 20.3. The summed E-state index contributed by atoms with van der Waals surface area (Å²) in [5, 5.41) is 0. The number of rotatable bonds is 34. The van der Waals surface area contributed by atoms with Gasteiger partial charge in [-0.15, -0.1) is 0 Å². The van der Waals surface area contributed by atoms with Crippen molar-refractivity contribution in [2.45, 2.75) is 228 Å². The third kappa shape index (κ3) is 28.7. The fourth-order valence-electron chi connectivity index (χ4n) is 6.87. The first kappa shape index (κ1) is 42.5. The van der Waals surface area contributed by atoms with Gasteiger partial charge in [-0.1, -0.05) is 189 Å². The summed E-state index contributed by atoms with van der Waals surface area (Å²) in [7, 11) is 0. The topological polar surface area (TPSA) is 20.3 Å². The number of unbranched alkanes of at least 4 members (excludes halogenated alkanes) is 18. The number of hydrogen-bond acceptors (Lipinski definition) is 1. The van der Waals surface area contributed by atoms with E-state index in [2.05, 4.69) is 46.4 Å². The summed E-state index contributed by atoms with van der Waals surface area (Å²) in [6, 6.07) is 0. The molecule has 2 nitrogen and oxygen atoms in total. The van der Waals surface area contributed by atoms with E-state index >= 15 is 0 Å². The van der Waals surface area contributed by atoms with Crippen LogP contribution in [0.4, 0.5) is 0 Å². The molecule has 0 aromatic carbocycles. The highest BCUT2D eigenvalue weighted by atomic mass is 16.2. The molecule has 0 aliphatic heterocycles. The molecule has 0 saturated heterocycles. The van der Waals surface area contributed by atoms with Gasteiger partial charge in [-0.25, -0.2) is 0 Å². The Morgan fingerprint density at radius 3 is 1.09 bits per heavy atom. The van der Waals surface area contributed by atoms with Gasteiger partial charge < -0.3 is 4.90 Å². The lowest BCUT2D eigenvalue weighted by molar-refractivity contribution is -0.132. The van der Waals surface area contributed by atoms with Crippen molar-refractivity contribution in [3.8, 4) is 0 Å². The maximum atomic E-state index is 13.9. The molecule has 0 fully saturated rings. The molecule has 0 aliphatic carbocycles. The summed E-state index contributed by atoms with van der Waals surface area (Å²) in [5.74, 6) is 2.65. The third-order valence-corrected chi connectivity index (χ3v) is 9.85. The average Bonchev–Trinajstić information content (AvgIpc) is 2.99. The van der Waals surface area contributed by atoms with Gasteiger partial charge in [0.25, 0.3) is 0 Å². The van der Waals surface area contributed by atoms with Crippen LogP contribution in [0.3, 0.4) is 0 Å². The minimum atomic E-state index is 0.479. The van der Waals surface area contributed by atoms with E-state index in [0.717, 1.165) is 31.8 Å². The lowest BCUT2D eigenvalue weighted by Gasteiger charge is -2.32. The van der Waals surface area contributed by atoms with E-state index in [1.807, 2.05) is 0 Å². The van der Waals surface area contributed by atoms with E-state index in [0.29, 0.717) is 17.7 Å². The Morgan fingerprint density at radius 2 is 0.721 bits per heavy atom. The second-order valence-electron chi connectivity index (χ2n) is 14.8. The van der Waals surface area contributed by atoms with Crippen molar-refractivity contribution in [1.82, 2.24) is 4.90 Å². The minimum Gasteiger partial charge on any atom is -0.342 e. The number of carbonyl (C=O) groups excluding carboxylic acids is 1. The zero-order valence-corrected chi connectivity index (χ0v) is 31.0. The molecule has 2 atom stereocenters. The monoisotopic (exact) mass is 606 g/mol. The molecule has 0 heterocycles. The first-order chi connectivity index (χ1) is 21.0. The molecule has 0 rings (SSSR count). The summed E-state index contributed by atoms with van der Waals surface area (Å²) in [5.41, 5.74) is 0. The fourth-order valence-corrected chi connectivity index (χ4v) is 6.87. The van der Waals surface area contributed by atoms with Gasteiger partial charge in [0.1, 0.15) is 0 Å². The molecule has 0 aliphatic rings. The summed E-state index contributed by atoms with van der Waals surface area (Å²) in [4.78, 5) is 16.3. The highest BCUT2D eigenvalue weighted by molar-refractivity contribution is 5.76. The second kappa shape index (κ2) is 32.9. The first-order valence-electron chi connectivity index (χ1n) is 20.3. The molecule has 0 saturated carbocycles. The Morgan fingerprint density at radius 1 is 0.419 bits per heavy atom. The van der Waals surface area contributed by atoms with Crippen LogP contribution in [0.2, 0.25) is 0 Å². The predicted octanol–water partition coefficient (Wildman–Crippen LogP) is 14.1. The molecule has 0 aromatic heterocycles. The average molecular weight is 606 g/mol. The molecular weight excluding hydrogens is 522 g/mol. The molecule has 0 N–H and O–H groups in total. The van der Waals surface area contributed by atoms with Gasteiger partial charge in [0.05, 0.1) is 0 Å². The molecule has 258 valence electrons. The van der Waals surface area contributed by atoms with E-state index in [1.165, 1.54) is 173 Å². The summed E-state index contributed by atoms with van der Waals surface area (Å²) in [6.45, 7) is 16.0. The normalized spacial score (nSPS) is 13.1. The molecule has 2 heteroatoms. The predicted molar refractivity (Wildman–Crippen MR) is 195 cm³/mol. The molecule has 2 unspecified atom stereocenters. The quantitative estimate of drug-likeness (QED) is 0.0668. The highest BCUT2D eigenvalue weighted by Gasteiger charge is 2.22. The van der Waals surface area contributed by atoms with Crippen molar-refractivity contribution in [2.24, 2.45) is 17.8 Å². The van der Waals surface area contributed by atoms with Crippen LogP contribution < -0.4 is 0 Å². The van der Waals surface area contributed by atoms with Gasteiger partial charge in [0.2, 0.25) is 5.91 Å². The van der Waals surface area contributed by atoms with Gasteiger partial charge in [0, 0.05) is 19.5 Å². The zero-order chi connectivity index (χ0) is 31.8. The van der Waals surface area contributed by atoms with Crippen LogP contribution in [0.1, 0.15) is 228 Å². The summed E-state index contributed by atoms with van der Waals surface area (Å²) < 4.78 is 0. The van der Waals surface area contributed by atoms with Crippen molar-refractivity contribution in [2.75, 3.05) is 13.1 Å². The molecular formula is C41H83NO. The number of hydrogen-bond donors (Lipinski definition) is 0. The Hall–Kier alpha value is -0.530. The number of nitrogens with zero attached hydrogens (tertiary/aromatic N) is 1. The molecule has 43 heavy (non-hydrogen) atoms. The third-order valence-electron chi connectivity index (χ3n) is 9.85. The van der Waals surface area contributed by atoms with Gasteiger partial charge in [-0.3, -0.25) is 4.79 Å².